The molecule has 2 heterocycles. The van der Waals surface area contributed by atoms with E-state index in [0.717, 1.165) is 31.4 Å². The second-order valence-corrected chi connectivity index (χ2v) is 8.13. The zero-order valence-corrected chi connectivity index (χ0v) is 12.9. The fourth-order valence-electron chi connectivity index (χ4n) is 3.52. The van der Waals surface area contributed by atoms with E-state index in [1.165, 1.54) is 6.07 Å². The van der Waals surface area contributed by atoms with Gasteiger partial charge in [-0.2, -0.15) is 0 Å². The highest BCUT2D eigenvalue weighted by Gasteiger charge is 2.46. The molecule has 0 aromatic heterocycles. The van der Waals surface area contributed by atoms with Crippen molar-refractivity contribution < 1.29 is 31.6 Å². The van der Waals surface area contributed by atoms with Gasteiger partial charge in [-0.1, -0.05) is 12.5 Å². The summed E-state index contributed by atoms with van der Waals surface area (Å²) >= 11 is 0. The lowest BCUT2D eigenvalue weighted by atomic mass is 9.80. The Labute approximate surface area is 133 Å². The molecule has 8 heteroatoms. The van der Waals surface area contributed by atoms with Gasteiger partial charge in [-0.15, -0.1) is 13.2 Å². The number of fused-ring (bicyclic) bond motifs is 2. The van der Waals surface area contributed by atoms with Crippen LogP contribution in [0.2, 0.25) is 0 Å². The lowest BCUT2D eigenvalue weighted by Crippen LogP contribution is -2.47. The quantitative estimate of drug-likeness (QED) is 0.830. The average Bonchev–Trinajstić information content (AvgIpc) is 2.41. The molecule has 2 bridgehead atoms. The van der Waals surface area contributed by atoms with E-state index in [0.29, 0.717) is 0 Å². The topological polar surface area (TPSA) is 46.5 Å². The van der Waals surface area contributed by atoms with Crippen LogP contribution in [0, 0.1) is 5.82 Å². The molecule has 0 amide bonds. The summed E-state index contributed by atoms with van der Waals surface area (Å²) < 4.78 is 66.2. The highest BCUT2D eigenvalue weighted by Crippen LogP contribution is 2.45. The Balaban J connectivity index is 1.87. The van der Waals surface area contributed by atoms with Crippen molar-refractivity contribution in [3.63, 3.8) is 0 Å². The molecule has 2 saturated heterocycles. The number of halogens is 4. The molecule has 0 saturated carbocycles. The summed E-state index contributed by atoms with van der Waals surface area (Å²) in [6, 6.07) is 3.00. The van der Waals surface area contributed by atoms with Crippen LogP contribution in [0.4, 0.5) is 17.6 Å². The first-order valence-corrected chi connectivity index (χ1v) is 8.63. The van der Waals surface area contributed by atoms with Crippen LogP contribution < -0.4 is 4.74 Å². The number of aliphatic hydroxyl groups is 1. The van der Waals surface area contributed by atoms with Crippen LogP contribution in [0.1, 0.15) is 37.7 Å². The van der Waals surface area contributed by atoms with E-state index < -0.39 is 34.3 Å². The number of alkyl halides is 3. The highest BCUT2D eigenvalue weighted by atomic mass is 32.2. The largest absolute Gasteiger partial charge is 0.573 e. The molecule has 1 aromatic carbocycles. The van der Waals surface area contributed by atoms with Crippen molar-refractivity contribution in [2.24, 2.45) is 0 Å². The second-order valence-electron chi connectivity index (χ2n) is 6.14. The molecule has 0 spiro atoms. The summed E-state index contributed by atoms with van der Waals surface area (Å²) in [5.74, 6) is -2.10. The lowest BCUT2D eigenvalue weighted by molar-refractivity contribution is -0.275. The number of hydrogen-bond donors (Lipinski definition) is 1. The maximum absolute atomic E-state index is 13.9. The van der Waals surface area contributed by atoms with Crippen molar-refractivity contribution in [1.82, 2.24) is 0 Å². The zero-order chi connectivity index (χ0) is 16.8. The van der Waals surface area contributed by atoms with Crippen LogP contribution >= 0.6 is 0 Å². The molecule has 128 valence electrons. The Hall–Kier alpha value is -1.15. The van der Waals surface area contributed by atoms with E-state index in [9.17, 15) is 26.9 Å². The van der Waals surface area contributed by atoms with Gasteiger partial charge < -0.3 is 9.84 Å². The number of ether oxygens (including phenoxy) is 1. The first-order valence-electron chi connectivity index (χ1n) is 7.35. The van der Waals surface area contributed by atoms with Gasteiger partial charge >= 0.3 is 6.36 Å². The van der Waals surface area contributed by atoms with Crippen molar-refractivity contribution in [1.29, 1.82) is 0 Å². The minimum absolute atomic E-state index is 0.151. The lowest BCUT2D eigenvalue weighted by Gasteiger charge is -2.43. The van der Waals surface area contributed by atoms with Gasteiger partial charge in [-0.25, -0.2) is 4.39 Å². The third kappa shape index (κ3) is 3.38. The molecular weight excluding hydrogens is 336 g/mol. The van der Waals surface area contributed by atoms with Crippen molar-refractivity contribution in [2.75, 3.05) is 0 Å². The van der Waals surface area contributed by atoms with Crippen LogP contribution in [0.5, 0.6) is 5.75 Å². The molecule has 23 heavy (non-hydrogen) atoms. The van der Waals surface area contributed by atoms with Crippen LogP contribution in [-0.2, 0) is 16.4 Å². The maximum Gasteiger partial charge on any atom is 0.573 e. The minimum atomic E-state index is -4.97. The molecule has 0 aliphatic carbocycles. The zero-order valence-electron chi connectivity index (χ0n) is 12.1. The molecule has 0 radical (unpaired) electrons. The minimum Gasteiger partial charge on any atom is -0.403 e. The van der Waals surface area contributed by atoms with Gasteiger partial charge in [-0.05, 0) is 43.4 Å². The van der Waals surface area contributed by atoms with Gasteiger partial charge in [0.1, 0.15) is 0 Å². The summed E-state index contributed by atoms with van der Waals surface area (Å²) in [7, 11) is -1.01. The van der Waals surface area contributed by atoms with E-state index in [1.54, 1.807) is 0 Å². The second kappa shape index (κ2) is 5.73. The molecule has 1 N–H and O–H groups in total. The molecule has 3 rings (SSSR count). The van der Waals surface area contributed by atoms with Gasteiger partial charge in [0.15, 0.2) is 11.6 Å². The first kappa shape index (κ1) is 16.7. The predicted molar refractivity (Wildman–Crippen MR) is 75.8 cm³/mol. The Morgan fingerprint density at radius 1 is 1.22 bits per heavy atom. The van der Waals surface area contributed by atoms with Crippen molar-refractivity contribution in [3.05, 3.63) is 29.6 Å². The fourth-order valence-corrected chi connectivity index (χ4v) is 5.74. The summed E-state index contributed by atoms with van der Waals surface area (Å²) in [4.78, 5) is 0. The van der Waals surface area contributed by atoms with Crippen LogP contribution in [0.3, 0.4) is 0 Å². The van der Waals surface area contributed by atoms with E-state index in [2.05, 4.69) is 4.74 Å². The number of benzene rings is 1. The summed E-state index contributed by atoms with van der Waals surface area (Å²) in [6.07, 6.45) is -2.09. The number of rotatable bonds is 2. The van der Waals surface area contributed by atoms with Crippen LogP contribution in [0.25, 0.3) is 0 Å². The molecule has 2 atom stereocenters. The predicted octanol–water partition coefficient (Wildman–Crippen LogP) is 3.38. The summed E-state index contributed by atoms with van der Waals surface area (Å²) in [6.45, 7) is 0. The van der Waals surface area contributed by atoms with E-state index in [1.807, 2.05) is 0 Å². The van der Waals surface area contributed by atoms with Gasteiger partial charge in [0.2, 0.25) is 0 Å². The number of hydrogen-bond acceptors (Lipinski definition) is 3. The Morgan fingerprint density at radius 2 is 1.83 bits per heavy atom. The van der Waals surface area contributed by atoms with Gasteiger partial charge in [0.05, 0.1) is 5.60 Å². The van der Waals surface area contributed by atoms with Crippen molar-refractivity contribution in [3.8, 4) is 5.75 Å². The van der Waals surface area contributed by atoms with Crippen LogP contribution in [0.15, 0.2) is 18.2 Å². The molecule has 3 nitrogen and oxygen atoms in total. The van der Waals surface area contributed by atoms with Crippen LogP contribution in [-0.4, -0.2) is 26.2 Å². The summed E-state index contributed by atoms with van der Waals surface area (Å²) in [5.41, 5.74) is -1.15. The molecule has 2 aliphatic rings. The average molecular weight is 352 g/mol. The molecule has 2 fully saturated rings. The Bertz CT molecular complexity index is 616. The monoisotopic (exact) mass is 352 g/mol. The smallest absolute Gasteiger partial charge is 0.403 e. The third-order valence-electron chi connectivity index (χ3n) is 4.53. The highest BCUT2D eigenvalue weighted by molar-refractivity contribution is 7.86. The molecule has 2 unspecified atom stereocenters. The third-order valence-corrected chi connectivity index (χ3v) is 6.65. The van der Waals surface area contributed by atoms with E-state index >= 15 is 0 Å². The van der Waals surface area contributed by atoms with Gasteiger partial charge in [-0.3, -0.25) is 4.21 Å². The van der Waals surface area contributed by atoms with E-state index in [-0.39, 0.29) is 28.9 Å². The first-order chi connectivity index (χ1) is 10.7. The Morgan fingerprint density at radius 3 is 2.35 bits per heavy atom. The standard InChI is InChI=1S/C15H16F4O3S/c16-12-6-9(4-5-13(12)22-15(17,18)19)14(20)7-10-2-1-3-11(8-14)23(10)21/h4-6,10-11,20H,1-3,7-8H2. The SMILES string of the molecule is O=S1C2CCCC1CC(O)(c1ccc(OC(F)(F)F)c(F)c1)C2. The van der Waals surface area contributed by atoms with Gasteiger partial charge in [0.25, 0.3) is 0 Å². The van der Waals surface area contributed by atoms with Gasteiger partial charge in [0, 0.05) is 21.3 Å². The van der Waals surface area contributed by atoms with Crippen molar-refractivity contribution >= 4 is 10.8 Å². The van der Waals surface area contributed by atoms with Crippen molar-refractivity contribution in [2.45, 2.75) is 54.6 Å². The maximum atomic E-state index is 13.9. The Kier molecular flexibility index (Phi) is 4.16. The van der Waals surface area contributed by atoms with E-state index in [4.69, 9.17) is 0 Å². The normalized spacial score (nSPS) is 34.2. The molecular formula is C15H16F4O3S. The fraction of sp³-hybridized carbons (Fsp3) is 0.600. The molecule has 2 aliphatic heterocycles. The summed E-state index contributed by atoms with van der Waals surface area (Å²) in [5, 5.41) is 10.5. The molecule has 1 aromatic rings.